The summed E-state index contributed by atoms with van der Waals surface area (Å²) in [6.45, 7) is 5.02. The molecule has 1 aromatic heterocycles. The second-order valence-corrected chi connectivity index (χ2v) is 6.91. The summed E-state index contributed by atoms with van der Waals surface area (Å²) in [4.78, 5) is 7.05. The molecule has 0 saturated carbocycles. The van der Waals surface area contributed by atoms with Crippen LogP contribution in [0.5, 0.6) is 5.75 Å². The number of nitrogens with zero attached hydrogens (tertiary/aromatic N) is 1. The minimum absolute atomic E-state index is 0.324. The van der Waals surface area contributed by atoms with Crippen molar-refractivity contribution in [1.82, 2.24) is 10.6 Å². The van der Waals surface area contributed by atoms with Crippen molar-refractivity contribution in [1.29, 1.82) is 0 Å². The molecule has 0 saturated heterocycles. The van der Waals surface area contributed by atoms with E-state index in [1.807, 2.05) is 29.5 Å². The second-order valence-electron chi connectivity index (χ2n) is 5.54. The Bertz CT molecular complexity index is 651. The predicted octanol–water partition coefficient (Wildman–Crippen LogP) is 3.36. The van der Waals surface area contributed by atoms with Crippen molar-refractivity contribution >= 4 is 17.3 Å². The molecular formula is C18H25N3OS. The van der Waals surface area contributed by atoms with Crippen LogP contribution in [0.15, 0.2) is 41.4 Å². The van der Waals surface area contributed by atoms with Crippen LogP contribution < -0.4 is 15.4 Å². The Morgan fingerprint density at radius 2 is 2.13 bits per heavy atom. The van der Waals surface area contributed by atoms with E-state index in [1.165, 1.54) is 9.75 Å². The number of methoxy groups -OCH3 is 1. The van der Waals surface area contributed by atoms with E-state index < -0.39 is 0 Å². The molecule has 0 fully saturated rings. The molecule has 2 N–H and O–H groups in total. The zero-order valence-corrected chi connectivity index (χ0v) is 15.0. The van der Waals surface area contributed by atoms with Gasteiger partial charge in [-0.1, -0.05) is 12.1 Å². The van der Waals surface area contributed by atoms with Crippen LogP contribution in [-0.2, 0) is 13.0 Å². The van der Waals surface area contributed by atoms with Gasteiger partial charge in [0.25, 0.3) is 0 Å². The first-order chi connectivity index (χ1) is 11.1. The number of thiophene rings is 1. The summed E-state index contributed by atoms with van der Waals surface area (Å²) in [6.07, 6.45) is 0.998. The largest absolute Gasteiger partial charge is 0.497 e. The molecule has 124 valence electrons. The lowest BCUT2D eigenvalue weighted by Gasteiger charge is -2.17. The van der Waals surface area contributed by atoms with Crippen molar-refractivity contribution in [3.8, 4) is 5.75 Å². The van der Waals surface area contributed by atoms with E-state index in [0.29, 0.717) is 12.6 Å². The standard InChI is InChI=1S/C18H25N3OS/c1-13(10-17-9-8-14(2)23-17)21-18(19-3)20-12-15-6-5-7-16(11-15)22-4/h5-9,11,13H,10,12H2,1-4H3,(H2,19,20,21). The smallest absolute Gasteiger partial charge is 0.191 e. The molecule has 1 heterocycles. The van der Waals surface area contributed by atoms with E-state index in [0.717, 1.165) is 23.7 Å². The number of hydrogen-bond acceptors (Lipinski definition) is 3. The lowest BCUT2D eigenvalue weighted by Crippen LogP contribution is -2.42. The topological polar surface area (TPSA) is 45.7 Å². The normalized spacial score (nSPS) is 12.8. The van der Waals surface area contributed by atoms with Gasteiger partial charge < -0.3 is 15.4 Å². The zero-order valence-electron chi connectivity index (χ0n) is 14.2. The summed E-state index contributed by atoms with van der Waals surface area (Å²) in [5, 5.41) is 6.78. The molecule has 5 heteroatoms. The Balaban J connectivity index is 1.85. The number of nitrogens with one attached hydrogen (secondary N) is 2. The average Bonchev–Trinajstić information content (AvgIpc) is 2.96. The van der Waals surface area contributed by atoms with E-state index in [9.17, 15) is 0 Å². The number of aryl methyl sites for hydroxylation is 1. The molecule has 2 rings (SSSR count). The molecule has 2 aromatic rings. The fourth-order valence-corrected chi connectivity index (χ4v) is 3.36. The van der Waals surface area contributed by atoms with Crippen LogP contribution in [0.1, 0.15) is 22.2 Å². The molecule has 1 atom stereocenters. The third kappa shape index (κ3) is 5.60. The average molecular weight is 331 g/mol. The van der Waals surface area contributed by atoms with Crippen LogP contribution in [0.25, 0.3) is 0 Å². The third-order valence-electron chi connectivity index (χ3n) is 3.50. The first-order valence-corrected chi connectivity index (χ1v) is 8.57. The molecule has 1 unspecified atom stereocenters. The summed E-state index contributed by atoms with van der Waals surface area (Å²) in [6, 6.07) is 12.7. The molecule has 23 heavy (non-hydrogen) atoms. The zero-order chi connectivity index (χ0) is 16.7. The van der Waals surface area contributed by atoms with Crippen LogP contribution in [0.4, 0.5) is 0 Å². The molecule has 4 nitrogen and oxygen atoms in total. The fourth-order valence-electron chi connectivity index (χ4n) is 2.34. The Labute approximate surface area is 142 Å². The molecule has 0 bridgehead atoms. The van der Waals surface area contributed by atoms with Crippen molar-refractivity contribution in [3.05, 3.63) is 51.7 Å². The summed E-state index contributed by atoms with van der Waals surface area (Å²) in [5.41, 5.74) is 1.16. The van der Waals surface area contributed by atoms with Gasteiger partial charge in [-0.3, -0.25) is 4.99 Å². The number of rotatable bonds is 6. The number of ether oxygens (including phenoxy) is 1. The predicted molar refractivity (Wildman–Crippen MR) is 98.6 cm³/mol. The van der Waals surface area contributed by atoms with Gasteiger partial charge in [-0.05, 0) is 43.7 Å². The summed E-state index contributed by atoms with van der Waals surface area (Å²) in [7, 11) is 3.48. The number of aliphatic imine (C=N–C) groups is 1. The van der Waals surface area contributed by atoms with E-state index in [4.69, 9.17) is 4.74 Å². The minimum Gasteiger partial charge on any atom is -0.497 e. The van der Waals surface area contributed by atoms with Crippen molar-refractivity contribution in [2.24, 2.45) is 4.99 Å². The first kappa shape index (κ1) is 17.3. The summed E-state index contributed by atoms with van der Waals surface area (Å²) < 4.78 is 5.25. The van der Waals surface area contributed by atoms with Gasteiger partial charge in [-0.2, -0.15) is 0 Å². The highest BCUT2D eigenvalue weighted by Crippen LogP contribution is 2.16. The van der Waals surface area contributed by atoms with Crippen molar-refractivity contribution < 1.29 is 4.74 Å². The van der Waals surface area contributed by atoms with Crippen molar-refractivity contribution in [2.75, 3.05) is 14.2 Å². The quantitative estimate of drug-likeness (QED) is 0.630. The van der Waals surface area contributed by atoms with Crippen molar-refractivity contribution in [2.45, 2.75) is 32.9 Å². The van der Waals surface area contributed by atoms with E-state index in [2.05, 4.69) is 47.7 Å². The van der Waals surface area contributed by atoms with Gasteiger partial charge in [-0.15, -0.1) is 11.3 Å². The number of benzene rings is 1. The SMILES string of the molecule is CN=C(NCc1cccc(OC)c1)NC(C)Cc1ccc(C)s1. The monoisotopic (exact) mass is 331 g/mol. The van der Waals surface area contributed by atoms with Gasteiger partial charge in [-0.25, -0.2) is 0 Å². The van der Waals surface area contributed by atoms with Gasteiger partial charge in [0.1, 0.15) is 5.75 Å². The summed E-state index contributed by atoms with van der Waals surface area (Å²) >= 11 is 1.85. The van der Waals surface area contributed by atoms with Gasteiger partial charge in [0.05, 0.1) is 7.11 Å². The van der Waals surface area contributed by atoms with Crippen LogP contribution in [0.3, 0.4) is 0 Å². The number of hydrogen-bond donors (Lipinski definition) is 2. The molecule has 0 aliphatic carbocycles. The maximum Gasteiger partial charge on any atom is 0.191 e. The van der Waals surface area contributed by atoms with Gasteiger partial charge in [0, 0.05) is 35.8 Å². The molecular weight excluding hydrogens is 306 g/mol. The van der Waals surface area contributed by atoms with Gasteiger partial charge >= 0.3 is 0 Å². The van der Waals surface area contributed by atoms with Crippen LogP contribution in [0.2, 0.25) is 0 Å². The second kappa shape index (κ2) is 8.58. The lowest BCUT2D eigenvalue weighted by molar-refractivity contribution is 0.414. The van der Waals surface area contributed by atoms with Crippen LogP contribution in [0, 0.1) is 6.92 Å². The van der Waals surface area contributed by atoms with Gasteiger partial charge in [0.2, 0.25) is 0 Å². The molecule has 0 spiro atoms. The highest BCUT2D eigenvalue weighted by atomic mass is 32.1. The molecule has 0 amide bonds. The third-order valence-corrected chi connectivity index (χ3v) is 4.53. The maximum absolute atomic E-state index is 5.25. The van der Waals surface area contributed by atoms with E-state index >= 15 is 0 Å². The highest BCUT2D eigenvalue weighted by Gasteiger charge is 2.08. The summed E-state index contributed by atoms with van der Waals surface area (Å²) in [5.74, 6) is 1.68. The first-order valence-electron chi connectivity index (χ1n) is 7.76. The lowest BCUT2D eigenvalue weighted by atomic mass is 10.2. The van der Waals surface area contributed by atoms with Crippen LogP contribution >= 0.6 is 11.3 Å². The van der Waals surface area contributed by atoms with E-state index in [-0.39, 0.29) is 0 Å². The Morgan fingerprint density at radius 1 is 1.30 bits per heavy atom. The fraction of sp³-hybridized carbons (Fsp3) is 0.389. The Kier molecular flexibility index (Phi) is 6.47. The molecule has 0 aliphatic rings. The van der Waals surface area contributed by atoms with E-state index in [1.54, 1.807) is 14.2 Å². The Morgan fingerprint density at radius 3 is 2.78 bits per heavy atom. The maximum atomic E-state index is 5.25. The molecule has 1 aromatic carbocycles. The molecule has 0 radical (unpaired) electrons. The van der Waals surface area contributed by atoms with Crippen molar-refractivity contribution in [3.63, 3.8) is 0 Å². The van der Waals surface area contributed by atoms with Gasteiger partial charge in [0.15, 0.2) is 5.96 Å². The Hall–Kier alpha value is -2.01. The minimum atomic E-state index is 0.324. The van der Waals surface area contributed by atoms with Crippen LogP contribution in [-0.4, -0.2) is 26.2 Å². The number of guanidine groups is 1. The molecule has 0 aliphatic heterocycles. The highest BCUT2D eigenvalue weighted by molar-refractivity contribution is 7.11.